The van der Waals surface area contributed by atoms with Crippen molar-refractivity contribution in [2.75, 3.05) is 26.0 Å². The Bertz CT molecular complexity index is 867. The smallest absolute Gasteiger partial charge is 0.243 e. The molecule has 0 radical (unpaired) electrons. The number of hydrogen-bond donors (Lipinski definition) is 1. The van der Waals surface area contributed by atoms with E-state index in [4.69, 9.17) is 4.74 Å². The topological polar surface area (TPSA) is 75.7 Å². The lowest BCUT2D eigenvalue weighted by Gasteiger charge is -2.17. The molecule has 6 nitrogen and oxygen atoms in total. The highest BCUT2D eigenvalue weighted by atomic mass is 32.2. The Morgan fingerprint density at radius 3 is 2.44 bits per heavy atom. The molecule has 0 unspecified atom stereocenters. The first-order valence-electron chi connectivity index (χ1n) is 7.40. The summed E-state index contributed by atoms with van der Waals surface area (Å²) in [7, 11) is -1.04. The van der Waals surface area contributed by atoms with E-state index in [1.165, 1.54) is 56.6 Å². The van der Waals surface area contributed by atoms with E-state index in [1.54, 1.807) is 6.92 Å². The van der Waals surface area contributed by atoms with E-state index in [0.29, 0.717) is 17.0 Å². The van der Waals surface area contributed by atoms with Gasteiger partial charge in [-0.15, -0.1) is 0 Å². The van der Waals surface area contributed by atoms with Gasteiger partial charge in [-0.2, -0.15) is 4.31 Å². The third-order valence-corrected chi connectivity index (χ3v) is 5.43. The number of halogens is 1. The molecule has 0 heterocycles. The number of likely N-dealkylation sites (N-methyl/N-ethyl adjacent to an activating group) is 1. The lowest BCUT2D eigenvalue weighted by atomic mass is 10.2. The molecule has 134 valence electrons. The van der Waals surface area contributed by atoms with Crippen molar-refractivity contribution < 1.29 is 22.3 Å². The van der Waals surface area contributed by atoms with Gasteiger partial charge in [-0.25, -0.2) is 12.8 Å². The monoisotopic (exact) mass is 366 g/mol. The Morgan fingerprint density at radius 2 is 1.84 bits per heavy atom. The zero-order chi connectivity index (χ0) is 18.6. The summed E-state index contributed by atoms with van der Waals surface area (Å²) in [5.41, 5.74) is 0.982. The molecular formula is C17H19FN2O4S. The minimum Gasteiger partial charge on any atom is -0.497 e. The van der Waals surface area contributed by atoms with Crippen LogP contribution in [0.25, 0.3) is 0 Å². The summed E-state index contributed by atoms with van der Waals surface area (Å²) in [6, 6.07) is 9.85. The zero-order valence-corrected chi connectivity index (χ0v) is 14.9. The van der Waals surface area contributed by atoms with Crippen molar-refractivity contribution in [3.05, 3.63) is 53.8 Å². The van der Waals surface area contributed by atoms with Gasteiger partial charge in [0.1, 0.15) is 11.6 Å². The van der Waals surface area contributed by atoms with Crippen molar-refractivity contribution >= 4 is 21.6 Å². The second-order valence-corrected chi connectivity index (χ2v) is 7.49. The summed E-state index contributed by atoms with van der Waals surface area (Å²) in [5, 5.41) is 2.52. The lowest BCUT2D eigenvalue weighted by molar-refractivity contribution is -0.116. The predicted octanol–water partition coefficient (Wildman–Crippen LogP) is 2.40. The number of nitrogens with zero attached hydrogens (tertiary/aromatic N) is 1. The number of anilines is 1. The summed E-state index contributed by atoms with van der Waals surface area (Å²) in [6.45, 7) is 1.32. The highest BCUT2D eigenvalue weighted by Crippen LogP contribution is 2.19. The summed E-state index contributed by atoms with van der Waals surface area (Å²) in [5.74, 6) is -0.519. The quantitative estimate of drug-likeness (QED) is 0.852. The first-order chi connectivity index (χ1) is 11.7. The number of amides is 1. The van der Waals surface area contributed by atoms with Crippen LogP contribution in [0, 0.1) is 12.7 Å². The molecule has 2 rings (SSSR count). The number of methoxy groups -OCH3 is 1. The molecule has 0 aromatic heterocycles. The highest BCUT2D eigenvalue weighted by Gasteiger charge is 2.23. The molecule has 0 aliphatic heterocycles. The third kappa shape index (κ3) is 4.55. The van der Waals surface area contributed by atoms with Crippen LogP contribution in [0.5, 0.6) is 5.75 Å². The maximum Gasteiger partial charge on any atom is 0.243 e. The maximum atomic E-state index is 13.3. The van der Waals surface area contributed by atoms with Gasteiger partial charge < -0.3 is 10.1 Å². The SMILES string of the molecule is COc1ccc(S(=O)(=O)N(C)CC(=O)Nc2cc(F)ccc2C)cc1. The molecular weight excluding hydrogens is 347 g/mol. The molecule has 2 aromatic carbocycles. The first-order valence-corrected chi connectivity index (χ1v) is 8.84. The summed E-state index contributed by atoms with van der Waals surface area (Å²) >= 11 is 0. The Morgan fingerprint density at radius 1 is 1.20 bits per heavy atom. The van der Waals surface area contributed by atoms with E-state index < -0.39 is 28.3 Å². The summed E-state index contributed by atoms with van der Waals surface area (Å²) < 4.78 is 44.2. The molecule has 0 fully saturated rings. The largest absolute Gasteiger partial charge is 0.497 e. The predicted molar refractivity (Wildman–Crippen MR) is 92.6 cm³/mol. The van der Waals surface area contributed by atoms with Gasteiger partial charge in [-0.3, -0.25) is 4.79 Å². The Hall–Kier alpha value is -2.45. The van der Waals surface area contributed by atoms with E-state index in [-0.39, 0.29) is 4.90 Å². The molecule has 0 bridgehead atoms. The first kappa shape index (κ1) is 18.9. The van der Waals surface area contributed by atoms with Crippen molar-refractivity contribution in [1.29, 1.82) is 0 Å². The molecule has 0 aliphatic rings. The van der Waals surface area contributed by atoms with Crippen LogP contribution in [-0.4, -0.2) is 39.3 Å². The number of rotatable bonds is 6. The van der Waals surface area contributed by atoms with E-state index in [1.807, 2.05) is 0 Å². The minimum absolute atomic E-state index is 0.0468. The van der Waals surface area contributed by atoms with E-state index in [2.05, 4.69) is 5.32 Å². The number of nitrogens with one attached hydrogen (secondary N) is 1. The normalized spacial score (nSPS) is 11.4. The molecule has 0 aliphatic carbocycles. The van der Waals surface area contributed by atoms with Crippen LogP contribution >= 0.6 is 0 Å². The van der Waals surface area contributed by atoms with E-state index in [9.17, 15) is 17.6 Å². The van der Waals surface area contributed by atoms with Crippen molar-refractivity contribution in [3.8, 4) is 5.75 Å². The van der Waals surface area contributed by atoms with Gasteiger partial charge >= 0.3 is 0 Å². The number of benzene rings is 2. The van der Waals surface area contributed by atoms with Crippen molar-refractivity contribution in [3.63, 3.8) is 0 Å². The lowest BCUT2D eigenvalue weighted by Crippen LogP contribution is -2.35. The van der Waals surface area contributed by atoms with E-state index in [0.717, 1.165) is 4.31 Å². The number of carbonyl (C=O) groups excluding carboxylic acids is 1. The maximum absolute atomic E-state index is 13.3. The van der Waals surface area contributed by atoms with Crippen LogP contribution in [0.1, 0.15) is 5.56 Å². The molecule has 2 aromatic rings. The Labute approximate surface area is 146 Å². The fourth-order valence-electron chi connectivity index (χ4n) is 2.13. The molecule has 1 N–H and O–H groups in total. The van der Waals surface area contributed by atoms with Gasteiger partial charge in [0.2, 0.25) is 15.9 Å². The molecule has 0 spiro atoms. The van der Waals surface area contributed by atoms with Crippen LogP contribution < -0.4 is 10.1 Å². The second-order valence-electron chi connectivity index (χ2n) is 5.44. The van der Waals surface area contributed by atoms with Crippen LogP contribution in [-0.2, 0) is 14.8 Å². The fraction of sp³-hybridized carbons (Fsp3) is 0.235. The molecule has 0 saturated carbocycles. The summed E-state index contributed by atoms with van der Waals surface area (Å²) in [6.07, 6.45) is 0. The zero-order valence-electron chi connectivity index (χ0n) is 14.1. The summed E-state index contributed by atoms with van der Waals surface area (Å²) in [4.78, 5) is 12.2. The minimum atomic E-state index is -3.83. The Kier molecular flexibility index (Phi) is 5.76. The average molecular weight is 366 g/mol. The van der Waals surface area contributed by atoms with Crippen LogP contribution in [0.4, 0.5) is 10.1 Å². The number of sulfonamides is 1. The van der Waals surface area contributed by atoms with Gasteiger partial charge in [0.05, 0.1) is 18.6 Å². The van der Waals surface area contributed by atoms with Gasteiger partial charge in [0, 0.05) is 12.7 Å². The van der Waals surface area contributed by atoms with Crippen molar-refractivity contribution in [1.82, 2.24) is 4.31 Å². The van der Waals surface area contributed by atoms with Gasteiger partial charge in [-0.1, -0.05) is 6.07 Å². The van der Waals surface area contributed by atoms with Gasteiger partial charge in [-0.05, 0) is 48.9 Å². The number of aryl methyl sites for hydroxylation is 1. The number of carbonyl (C=O) groups is 1. The van der Waals surface area contributed by atoms with Crippen molar-refractivity contribution in [2.45, 2.75) is 11.8 Å². The number of ether oxygens (including phenoxy) is 1. The molecule has 25 heavy (non-hydrogen) atoms. The standard InChI is InChI=1S/C17H19FN2O4S/c1-12-4-5-13(18)10-16(12)19-17(21)11-20(2)25(22,23)15-8-6-14(24-3)7-9-15/h4-10H,11H2,1-3H3,(H,19,21). The van der Waals surface area contributed by atoms with Crippen LogP contribution in [0.2, 0.25) is 0 Å². The highest BCUT2D eigenvalue weighted by molar-refractivity contribution is 7.89. The van der Waals surface area contributed by atoms with Crippen molar-refractivity contribution in [2.24, 2.45) is 0 Å². The molecule has 1 amide bonds. The van der Waals surface area contributed by atoms with Crippen LogP contribution in [0.15, 0.2) is 47.4 Å². The fourth-order valence-corrected chi connectivity index (χ4v) is 3.26. The second kappa shape index (κ2) is 7.62. The van der Waals surface area contributed by atoms with Gasteiger partial charge in [0.25, 0.3) is 0 Å². The van der Waals surface area contributed by atoms with Crippen LogP contribution in [0.3, 0.4) is 0 Å². The van der Waals surface area contributed by atoms with E-state index >= 15 is 0 Å². The third-order valence-electron chi connectivity index (χ3n) is 3.61. The molecule has 0 atom stereocenters. The molecule has 8 heteroatoms. The number of hydrogen-bond acceptors (Lipinski definition) is 4. The van der Waals surface area contributed by atoms with Gasteiger partial charge in [0.15, 0.2) is 0 Å². The Balaban J connectivity index is 2.10. The average Bonchev–Trinajstić information content (AvgIpc) is 2.58. The molecule has 0 saturated heterocycles.